The molecule has 0 rings (SSSR count). The van der Waals surface area contributed by atoms with Gasteiger partial charge in [-0.05, 0) is 80.8 Å². The van der Waals surface area contributed by atoms with E-state index in [0.717, 1.165) is 5.75 Å². The Labute approximate surface area is 235 Å². The highest BCUT2D eigenvalue weighted by molar-refractivity contribution is 7.80. The fourth-order valence-corrected chi connectivity index (χ4v) is 5.42. The molecule has 0 atom stereocenters. The van der Waals surface area contributed by atoms with Crippen molar-refractivity contribution in [3.8, 4) is 0 Å². The van der Waals surface area contributed by atoms with Gasteiger partial charge in [0.1, 0.15) is 0 Å². The van der Waals surface area contributed by atoms with Crippen LogP contribution < -0.4 is 0 Å². The minimum Gasteiger partial charge on any atom is -0.179 e. The molecule has 0 saturated carbocycles. The maximum absolute atomic E-state index is 4.27. The Kier molecular flexibility index (Phi) is 25.0. The van der Waals surface area contributed by atoms with Gasteiger partial charge >= 0.3 is 0 Å². The van der Waals surface area contributed by atoms with E-state index >= 15 is 0 Å². The first kappa shape index (κ1) is 35.8. The summed E-state index contributed by atoms with van der Waals surface area (Å²) in [5.41, 5.74) is 0.938. The van der Waals surface area contributed by atoms with E-state index < -0.39 is 0 Å². The van der Waals surface area contributed by atoms with Gasteiger partial charge < -0.3 is 0 Å². The van der Waals surface area contributed by atoms with Crippen LogP contribution in [-0.4, -0.2) is 5.75 Å². The molecule has 0 heterocycles. The van der Waals surface area contributed by atoms with Gasteiger partial charge in [0.15, 0.2) is 0 Å². The van der Waals surface area contributed by atoms with Crippen molar-refractivity contribution in [3.05, 3.63) is 24.3 Å². The van der Waals surface area contributed by atoms with Crippen LogP contribution in [0.25, 0.3) is 0 Å². The molecule has 0 aromatic rings. The van der Waals surface area contributed by atoms with Crippen LogP contribution in [0.3, 0.4) is 0 Å². The molecule has 0 aromatic carbocycles. The summed E-state index contributed by atoms with van der Waals surface area (Å²) in [5.74, 6) is 1.04. The van der Waals surface area contributed by atoms with Crippen LogP contribution in [0.4, 0.5) is 0 Å². The quantitative estimate of drug-likeness (QED) is 0.0621. The number of hydrogen-bond donors (Lipinski definition) is 1. The lowest BCUT2D eigenvalue weighted by atomic mass is 9.82. The van der Waals surface area contributed by atoms with Crippen molar-refractivity contribution in [2.24, 2.45) is 10.8 Å². The van der Waals surface area contributed by atoms with E-state index in [1.807, 2.05) is 0 Å². The molecule has 0 bridgehead atoms. The summed E-state index contributed by atoms with van der Waals surface area (Å²) >= 11 is 4.27. The molecule has 0 aliphatic carbocycles. The Hall–Kier alpha value is -0.170. The minimum atomic E-state index is 0.392. The number of rotatable bonds is 27. The lowest BCUT2D eigenvalue weighted by molar-refractivity contribution is 0.282. The average molecular weight is 521 g/mol. The summed E-state index contributed by atoms with van der Waals surface area (Å²) in [7, 11) is 0. The summed E-state index contributed by atoms with van der Waals surface area (Å²) in [4.78, 5) is 0. The molecule has 214 valence electrons. The molecular weight excluding hydrogens is 452 g/mol. The molecule has 0 aliphatic heterocycles. The van der Waals surface area contributed by atoms with Gasteiger partial charge in [0.25, 0.3) is 0 Å². The minimum absolute atomic E-state index is 0.392. The van der Waals surface area contributed by atoms with Gasteiger partial charge in [0.2, 0.25) is 0 Å². The van der Waals surface area contributed by atoms with Gasteiger partial charge in [0, 0.05) is 0 Å². The highest BCUT2D eigenvalue weighted by atomic mass is 32.1. The van der Waals surface area contributed by atoms with Gasteiger partial charge in [-0.1, -0.05) is 142 Å². The number of allylic oxidation sites excluding steroid dienone is 4. The second-order valence-electron chi connectivity index (χ2n) is 13.0. The smallest absolute Gasteiger partial charge is 0.00979 e. The van der Waals surface area contributed by atoms with Gasteiger partial charge in [0.05, 0.1) is 0 Å². The first-order valence-corrected chi connectivity index (χ1v) is 16.9. The lowest BCUT2D eigenvalue weighted by Gasteiger charge is -2.24. The largest absolute Gasteiger partial charge is 0.179 e. The summed E-state index contributed by atoms with van der Waals surface area (Å²) in [6.07, 6.45) is 41.4. The third-order valence-corrected chi connectivity index (χ3v) is 8.20. The standard InChI is InChI=1S/C35H68S/c1-6-7-24-29-34(2,3)30-25-21-17-15-18-22-27-32-35(4,5)31-26-20-16-13-11-9-8-10-12-14-19-23-28-33-36/h10,12,25,30,36H,6-9,11,13-24,26-29,31-33H2,1-5H3/b12-10?,30-25+. The van der Waals surface area contributed by atoms with Crippen LogP contribution in [-0.2, 0) is 0 Å². The molecule has 0 spiro atoms. The van der Waals surface area contributed by atoms with E-state index in [9.17, 15) is 0 Å². The van der Waals surface area contributed by atoms with Crippen LogP contribution in [0.15, 0.2) is 24.3 Å². The van der Waals surface area contributed by atoms with Crippen molar-refractivity contribution >= 4 is 12.6 Å². The Morgan fingerprint density at radius 2 is 0.889 bits per heavy atom. The molecule has 0 N–H and O–H groups in total. The zero-order chi connectivity index (χ0) is 26.8. The Balaban J connectivity index is 3.52. The third kappa shape index (κ3) is 26.9. The summed E-state index contributed by atoms with van der Waals surface area (Å²) in [6, 6.07) is 0. The lowest BCUT2D eigenvalue weighted by Crippen LogP contribution is -2.11. The van der Waals surface area contributed by atoms with Crippen LogP contribution in [0, 0.1) is 10.8 Å². The molecular formula is C35H68S. The molecule has 0 aliphatic rings. The van der Waals surface area contributed by atoms with E-state index in [2.05, 4.69) is 71.6 Å². The topological polar surface area (TPSA) is 0 Å². The van der Waals surface area contributed by atoms with Gasteiger partial charge in [-0.3, -0.25) is 0 Å². The van der Waals surface area contributed by atoms with Gasteiger partial charge in [-0.2, -0.15) is 12.6 Å². The molecule has 0 radical (unpaired) electrons. The highest BCUT2D eigenvalue weighted by Gasteiger charge is 2.16. The average Bonchev–Trinajstić information content (AvgIpc) is 2.83. The van der Waals surface area contributed by atoms with Crippen molar-refractivity contribution in [1.82, 2.24) is 0 Å². The van der Waals surface area contributed by atoms with E-state index in [4.69, 9.17) is 0 Å². The SMILES string of the molecule is CCCCCC(C)(C)/C=C/CCCCCCCC(C)(C)CCCCCCCCC=CCCCCCS. The fourth-order valence-electron chi connectivity index (χ4n) is 5.20. The van der Waals surface area contributed by atoms with Crippen molar-refractivity contribution in [3.63, 3.8) is 0 Å². The second-order valence-corrected chi connectivity index (χ2v) is 13.5. The second kappa shape index (κ2) is 25.1. The summed E-state index contributed by atoms with van der Waals surface area (Å²) < 4.78 is 0. The molecule has 1 heteroatoms. The Morgan fingerprint density at radius 3 is 1.39 bits per heavy atom. The fraction of sp³-hybridized carbons (Fsp3) is 0.886. The highest BCUT2D eigenvalue weighted by Crippen LogP contribution is 2.31. The maximum atomic E-state index is 4.27. The monoisotopic (exact) mass is 521 g/mol. The van der Waals surface area contributed by atoms with Crippen molar-refractivity contribution in [1.29, 1.82) is 0 Å². The van der Waals surface area contributed by atoms with Crippen molar-refractivity contribution < 1.29 is 0 Å². The molecule has 0 saturated heterocycles. The van der Waals surface area contributed by atoms with E-state index in [1.54, 1.807) is 0 Å². The van der Waals surface area contributed by atoms with Crippen molar-refractivity contribution in [2.75, 3.05) is 5.75 Å². The number of thiol groups is 1. The van der Waals surface area contributed by atoms with Crippen LogP contribution in [0.1, 0.15) is 182 Å². The van der Waals surface area contributed by atoms with Crippen molar-refractivity contribution in [2.45, 2.75) is 182 Å². The zero-order valence-corrected chi connectivity index (χ0v) is 26.6. The predicted molar refractivity (Wildman–Crippen MR) is 172 cm³/mol. The third-order valence-electron chi connectivity index (χ3n) is 7.89. The first-order chi connectivity index (χ1) is 17.3. The first-order valence-electron chi connectivity index (χ1n) is 16.3. The molecule has 0 amide bonds. The molecule has 0 fully saturated rings. The summed E-state index contributed by atoms with van der Waals surface area (Å²) in [5, 5.41) is 0. The molecule has 0 aromatic heterocycles. The summed E-state index contributed by atoms with van der Waals surface area (Å²) in [6.45, 7) is 12.1. The molecule has 36 heavy (non-hydrogen) atoms. The van der Waals surface area contributed by atoms with Gasteiger partial charge in [-0.15, -0.1) is 0 Å². The van der Waals surface area contributed by atoms with E-state index in [1.165, 1.54) is 148 Å². The van der Waals surface area contributed by atoms with E-state index in [-0.39, 0.29) is 0 Å². The predicted octanol–water partition coefficient (Wildman–Crippen LogP) is 13.1. The Morgan fingerprint density at radius 1 is 0.472 bits per heavy atom. The Bertz CT molecular complexity index is 499. The normalized spacial score (nSPS) is 12.9. The van der Waals surface area contributed by atoms with E-state index in [0.29, 0.717) is 10.8 Å². The van der Waals surface area contributed by atoms with Crippen LogP contribution >= 0.6 is 12.6 Å². The maximum Gasteiger partial charge on any atom is -0.00979 e. The molecule has 0 nitrogen and oxygen atoms in total. The van der Waals surface area contributed by atoms with Crippen LogP contribution in [0.5, 0.6) is 0 Å². The van der Waals surface area contributed by atoms with Gasteiger partial charge in [-0.25, -0.2) is 0 Å². The number of unbranched alkanes of at least 4 members (excludes halogenated alkanes) is 16. The molecule has 0 unspecified atom stereocenters. The number of hydrogen-bond acceptors (Lipinski definition) is 1. The zero-order valence-electron chi connectivity index (χ0n) is 25.7. The van der Waals surface area contributed by atoms with Crippen LogP contribution in [0.2, 0.25) is 0 Å².